The fourth-order valence-electron chi connectivity index (χ4n) is 2.28. The molecule has 0 radical (unpaired) electrons. The summed E-state index contributed by atoms with van der Waals surface area (Å²) in [5.74, 6) is 0.198. The number of phenols is 1. The van der Waals surface area contributed by atoms with Gasteiger partial charge in [-0.2, -0.15) is 0 Å². The molecule has 0 unspecified atom stereocenters. The van der Waals surface area contributed by atoms with Gasteiger partial charge in [0, 0.05) is 17.5 Å². The first-order valence-corrected chi connectivity index (χ1v) is 7.92. The number of aromatic hydroxyl groups is 1. The number of aryl methyl sites for hydroxylation is 2. The molecule has 2 rings (SSSR count). The summed E-state index contributed by atoms with van der Waals surface area (Å²) in [7, 11) is 1.71. The number of carbonyl (C=O) groups excluding carboxylic acids is 1. The summed E-state index contributed by atoms with van der Waals surface area (Å²) in [4.78, 5) is 19.3. The Kier molecular flexibility index (Phi) is 5.03. The number of nitrogens with zero attached hydrogens (tertiary/aromatic N) is 2. The van der Waals surface area contributed by atoms with E-state index in [1.807, 2.05) is 26.8 Å². The molecule has 2 aromatic rings. The average Bonchev–Trinajstić information content (AvgIpc) is 2.80. The van der Waals surface area contributed by atoms with Gasteiger partial charge in [-0.1, -0.05) is 18.2 Å². The zero-order chi connectivity index (χ0) is 16.3. The van der Waals surface area contributed by atoms with Gasteiger partial charge in [0.05, 0.1) is 23.3 Å². The lowest BCUT2D eigenvalue weighted by atomic mass is 10.2. The van der Waals surface area contributed by atoms with Crippen LogP contribution in [0.25, 0.3) is 0 Å². The molecule has 1 aromatic heterocycles. The summed E-state index contributed by atoms with van der Waals surface area (Å²) in [5, 5.41) is 13.7. The van der Waals surface area contributed by atoms with Crippen molar-refractivity contribution in [3.05, 3.63) is 45.4 Å². The number of aromatic nitrogens is 1. The van der Waals surface area contributed by atoms with Crippen LogP contribution in [0.2, 0.25) is 0 Å². The molecular weight excluding hydrogens is 298 g/mol. The van der Waals surface area contributed by atoms with E-state index in [0.717, 1.165) is 21.1 Å². The lowest BCUT2D eigenvalue weighted by Gasteiger charge is -2.21. The van der Waals surface area contributed by atoms with Gasteiger partial charge in [0.2, 0.25) is 0 Å². The van der Waals surface area contributed by atoms with Crippen LogP contribution < -0.4 is 5.32 Å². The Hall–Kier alpha value is -2.08. The van der Waals surface area contributed by atoms with Crippen molar-refractivity contribution in [2.45, 2.75) is 33.4 Å². The summed E-state index contributed by atoms with van der Waals surface area (Å²) >= 11 is 1.60. The summed E-state index contributed by atoms with van der Waals surface area (Å²) < 4.78 is 0. The van der Waals surface area contributed by atoms with Crippen LogP contribution in [0.4, 0.5) is 4.79 Å². The minimum atomic E-state index is -0.179. The van der Waals surface area contributed by atoms with E-state index in [1.54, 1.807) is 41.5 Å². The van der Waals surface area contributed by atoms with Crippen LogP contribution in [0.3, 0.4) is 0 Å². The molecule has 2 N–H and O–H groups in total. The number of para-hydroxylation sites is 1. The van der Waals surface area contributed by atoms with Crippen molar-refractivity contribution in [2.24, 2.45) is 0 Å². The highest BCUT2D eigenvalue weighted by Gasteiger charge is 2.18. The first-order valence-electron chi connectivity index (χ1n) is 7.11. The first-order chi connectivity index (χ1) is 10.4. The molecule has 5 nitrogen and oxygen atoms in total. The molecule has 1 heterocycles. The Labute approximate surface area is 134 Å². The number of benzene rings is 1. The van der Waals surface area contributed by atoms with Crippen LogP contribution in [0.15, 0.2) is 24.3 Å². The second-order valence-corrected chi connectivity index (χ2v) is 6.57. The first kappa shape index (κ1) is 16.3. The van der Waals surface area contributed by atoms with E-state index in [2.05, 4.69) is 10.3 Å². The monoisotopic (exact) mass is 319 g/mol. The molecule has 0 spiro atoms. The van der Waals surface area contributed by atoms with Gasteiger partial charge in [-0.3, -0.25) is 0 Å². The molecule has 0 aliphatic carbocycles. The standard InChI is InChI=1S/C16H21N3O2S/c1-10-15(22-12(3)17-10)11(2)18-16(21)19(4)9-13-7-5-6-8-14(13)20/h5-8,11,20H,9H2,1-4H3,(H,18,21)/t11-/m1/s1. The molecule has 118 valence electrons. The number of amides is 2. The highest BCUT2D eigenvalue weighted by molar-refractivity contribution is 7.11. The largest absolute Gasteiger partial charge is 0.508 e. The molecule has 6 heteroatoms. The minimum Gasteiger partial charge on any atom is -0.508 e. The van der Waals surface area contributed by atoms with Crippen LogP contribution in [0.5, 0.6) is 5.75 Å². The number of urea groups is 1. The van der Waals surface area contributed by atoms with Crippen molar-refractivity contribution in [1.82, 2.24) is 15.2 Å². The van der Waals surface area contributed by atoms with Gasteiger partial charge in [0.25, 0.3) is 0 Å². The predicted octanol–water partition coefficient (Wildman–Crippen LogP) is 3.37. The molecule has 1 atom stereocenters. The highest BCUT2D eigenvalue weighted by atomic mass is 32.1. The Morgan fingerprint density at radius 1 is 1.41 bits per heavy atom. The Balaban J connectivity index is 1.99. The molecule has 0 saturated carbocycles. The number of hydrogen-bond donors (Lipinski definition) is 2. The van der Waals surface area contributed by atoms with E-state index in [0.29, 0.717) is 6.54 Å². The van der Waals surface area contributed by atoms with Crippen molar-refractivity contribution in [2.75, 3.05) is 7.05 Å². The average molecular weight is 319 g/mol. The molecular formula is C16H21N3O2S. The molecule has 0 saturated heterocycles. The van der Waals surface area contributed by atoms with Crippen LogP contribution in [-0.4, -0.2) is 28.1 Å². The third-order valence-electron chi connectivity index (χ3n) is 3.42. The predicted molar refractivity (Wildman–Crippen MR) is 88.1 cm³/mol. The minimum absolute atomic E-state index is 0.0921. The maximum atomic E-state index is 12.3. The molecule has 0 aliphatic rings. The third-order valence-corrected chi connectivity index (χ3v) is 4.67. The Morgan fingerprint density at radius 3 is 2.68 bits per heavy atom. The molecule has 0 fully saturated rings. The highest BCUT2D eigenvalue weighted by Crippen LogP contribution is 2.24. The fourth-order valence-corrected chi connectivity index (χ4v) is 3.21. The summed E-state index contributed by atoms with van der Waals surface area (Å²) in [5.41, 5.74) is 1.68. The summed E-state index contributed by atoms with van der Waals surface area (Å²) in [6.45, 7) is 6.21. The van der Waals surface area contributed by atoms with Crippen molar-refractivity contribution in [3.8, 4) is 5.75 Å². The SMILES string of the molecule is Cc1nc(C)c([C@@H](C)NC(=O)N(C)Cc2ccccc2O)s1. The van der Waals surface area contributed by atoms with Crippen LogP contribution in [0.1, 0.15) is 34.1 Å². The number of thiazole rings is 1. The molecule has 0 bridgehead atoms. The zero-order valence-electron chi connectivity index (χ0n) is 13.3. The number of nitrogens with one attached hydrogen (secondary N) is 1. The van der Waals surface area contributed by atoms with Gasteiger partial charge in [-0.15, -0.1) is 11.3 Å². The number of rotatable bonds is 4. The smallest absolute Gasteiger partial charge is 0.317 e. The van der Waals surface area contributed by atoms with E-state index >= 15 is 0 Å². The fraction of sp³-hybridized carbons (Fsp3) is 0.375. The topological polar surface area (TPSA) is 65.5 Å². The van der Waals surface area contributed by atoms with Gasteiger partial charge < -0.3 is 15.3 Å². The van der Waals surface area contributed by atoms with Crippen LogP contribution >= 0.6 is 11.3 Å². The van der Waals surface area contributed by atoms with Crippen LogP contribution in [-0.2, 0) is 6.54 Å². The number of carbonyl (C=O) groups is 1. The van der Waals surface area contributed by atoms with Gasteiger partial charge in [-0.25, -0.2) is 9.78 Å². The van der Waals surface area contributed by atoms with Crippen molar-refractivity contribution >= 4 is 17.4 Å². The van der Waals surface area contributed by atoms with E-state index in [9.17, 15) is 9.90 Å². The summed E-state index contributed by atoms with van der Waals surface area (Å²) in [6, 6.07) is 6.75. The number of phenolic OH excluding ortho intramolecular Hbond substituents is 1. The van der Waals surface area contributed by atoms with Crippen LogP contribution in [0, 0.1) is 13.8 Å². The Bertz CT molecular complexity index is 669. The van der Waals surface area contributed by atoms with Gasteiger partial charge in [-0.05, 0) is 26.8 Å². The molecule has 22 heavy (non-hydrogen) atoms. The second-order valence-electron chi connectivity index (χ2n) is 5.34. The normalized spacial score (nSPS) is 12.0. The lowest BCUT2D eigenvalue weighted by Crippen LogP contribution is -2.38. The van der Waals surface area contributed by atoms with E-state index in [4.69, 9.17) is 0 Å². The molecule has 2 amide bonds. The van der Waals surface area contributed by atoms with Gasteiger partial charge in [0.1, 0.15) is 5.75 Å². The van der Waals surface area contributed by atoms with E-state index < -0.39 is 0 Å². The van der Waals surface area contributed by atoms with Crippen molar-refractivity contribution in [3.63, 3.8) is 0 Å². The van der Waals surface area contributed by atoms with Crippen molar-refractivity contribution < 1.29 is 9.90 Å². The lowest BCUT2D eigenvalue weighted by molar-refractivity contribution is 0.203. The van der Waals surface area contributed by atoms with Gasteiger partial charge >= 0.3 is 6.03 Å². The van der Waals surface area contributed by atoms with E-state index in [1.165, 1.54) is 0 Å². The second kappa shape index (κ2) is 6.79. The maximum Gasteiger partial charge on any atom is 0.317 e. The van der Waals surface area contributed by atoms with Gasteiger partial charge in [0.15, 0.2) is 0 Å². The third kappa shape index (κ3) is 3.76. The number of hydrogen-bond acceptors (Lipinski definition) is 4. The Morgan fingerprint density at radius 2 is 2.09 bits per heavy atom. The maximum absolute atomic E-state index is 12.3. The zero-order valence-corrected chi connectivity index (χ0v) is 14.1. The quantitative estimate of drug-likeness (QED) is 0.908. The summed E-state index contributed by atoms with van der Waals surface area (Å²) in [6.07, 6.45) is 0. The molecule has 0 aliphatic heterocycles. The van der Waals surface area contributed by atoms with Crippen molar-refractivity contribution in [1.29, 1.82) is 0 Å². The van der Waals surface area contributed by atoms with E-state index in [-0.39, 0.29) is 17.8 Å². The molecule has 1 aromatic carbocycles.